The number of hydrogen-bond acceptors (Lipinski definition) is 3. The normalized spacial score (nSPS) is 10.3. The Bertz CT molecular complexity index is 336. The maximum atomic E-state index is 5.62. The molecule has 3 nitrogen and oxygen atoms in total. The Labute approximate surface area is 89.9 Å². The molecule has 0 amide bonds. The van der Waals surface area contributed by atoms with Gasteiger partial charge in [0.1, 0.15) is 10.8 Å². The van der Waals surface area contributed by atoms with Gasteiger partial charge in [-0.3, -0.25) is 0 Å². The second kappa shape index (κ2) is 4.37. The molecule has 0 aromatic carbocycles. The summed E-state index contributed by atoms with van der Waals surface area (Å²) in [6.45, 7) is 4.19. The summed E-state index contributed by atoms with van der Waals surface area (Å²) in [7, 11) is 1.98. The molecule has 0 saturated carbocycles. The lowest BCUT2D eigenvalue weighted by Crippen LogP contribution is -2.29. The van der Waals surface area contributed by atoms with Gasteiger partial charge in [0.2, 0.25) is 0 Å². The second-order valence-electron chi connectivity index (χ2n) is 3.44. The number of thiocarbonyl (C=S) groups is 1. The average Bonchev–Trinajstić information content (AvgIpc) is 2.16. The number of aromatic nitrogens is 1. The molecular weight excluding hydrogens is 194 g/mol. The molecule has 0 unspecified atom stereocenters. The molecule has 1 heterocycles. The van der Waals surface area contributed by atoms with Crippen LogP contribution in [0.4, 0.5) is 5.82 Å². The lowest BCUT2D eigenvalue weighted by Gasteiger charge is -2.24. The highest BCUT2D eigenvalue weighted by Crippen LogP contribution is 2.17. The van der Waals surface area contributed by atoms with Crippen molar-refractivity contribution in [2.75, 3.05) is 11.9 Å². The smallest absolute Gasteiger partial charge is 0.138 e. The minimum absolute atomic E-state index is 0.373. The van der Waals surface area contributed by atoms with E-state index in [0.29, 0.717) is 11.0 Å². The van der Waals surface area contributed by atoms with Crippen LogP contribution in [0.5, 0.6) is 0 Å². The summed E-state index contributed by atoms with van der Waals surface area (Å²) in [4.78, 5) is 6.72. The molecule has 76 valence electrons. The summed E-state index contributed by atoms with van der Waals surface area (Å²) in [6.07, 6.45) is 1.75. The molecule has 0 aliphatic carbocycles. The van der Waals surface area contributed by atoms with E-state index in [1.807, 2.05) is 19.2 Å². The molecule has 4 heteroatoms. The first-order chi connectivity index (χ1) is 6.54. The van der Waals surface area contributed by atoms with Gasteiger partial charge in [0.25, 0.3) is 0 Å². The van der Waals surface area contributed by atoms with E-state index in [1.165, 1.54) is 0 Å². The number of rotatable bonds is 3. The zero-order valence-corrected chi connectivity index (χ0v) is 9.51. The van der Waals surface area contributed by atoms with Crippen molar-refractivity contribution in [2.45, 2.75) is 19.9 Å². The van der Waals surface area contributed by atoms with Gasteiger partial charge in [-0.2, -0.15) is 0 Å². The Hall–Kier alpha value is -1.16. The second-order valence-corrected chi connectivity index (χ2v) is 3.88. The molecule has 14 heavy (non-hydrogen) atoms. The lowest BCUT2D eigenvalue weighted by molar-refractivity contribution is 0.742. The maximum absolute atomic E-state index is 5.62. The molecular formula is C10H15N3S. The molecule has 0 bridgehead atoms. The lowest BCUT2D eigenvalue weighted by atomic mass is 10.2. The molecule has 0 spiro atoms. The van der Waals surface area contributed by atoms with Crippen LogP contribution in [0.1, 0.15) is 19.4 Å². The van der Waals surface area contributed by atoms with Gasteiger partial charge in [-0.1, -0.05) is 12.2 Å². The fraction of sp³-hybridized carbons (Fsp3) is 0.400. The summed E-state index contributed by atoms with van der Waals surface area (Å²) in [5.41, 5.74) is 6.45. The van der Waals surface area contributed by atoms with E-state index >= 15 is 0 Å². The molecule has 1 aromatic rings. The molecule has 0 fully saturated rings. The van der Waals surface area contributed by atoms with Gasteiger partial charge < -0.3 is 10.6 Å². The fourth-order valence-corrected chi connectivity index (χ4v) is 1.27. The Balaban J connectivity index is 3.13. The van der Waals surface area contributed by atoms with Crippen LogP contribution >= 0.6 is 12.2 Å². The Morgan fingerprint density at radius 3 is 2.71 bits per heavy atom. The van der Waals surface area contributed by atoms with Crippen LogP contribution in [0.25, 0.3) is 0 Å². The van der Waals surface area contributed by atoms with E-state index in [1.54, 1.807) is 6.20 Å². The van der Waals surface area contributed by atoms with Crippen LogP contribution in [0, 0.1) is 0 Å². The van der Waals surface area contributed by atoms with E-state index < -0.39 is 0 Å². The third kappa shape index (κ3) is 2.20. The first-order valence-electron chi connectivity index (χ1n) is 4.51. The van der Waals surface area contributed by atoms with Gasteiger partial charge >= 0.3 is 0 Å². The third-order valence-electron chi connectivity index (χ3n) is 2.16. The van der Waals surface area contributed by atoms with Crippen LogP contribution in [0.2, 0.25) is 0 Å². The van der Waals surface area contributed by atoms with E-state index in [-0.39, 0.29) is 0 Å². The Morgan fingerprint density at radius 1 is 1.57 bits per heavy atom. The molecule has 1 aromatic heterocycles. The highest BCUT2D eigenvalue weighted by molar-refractivity contribution is 7.80. The van der Waals surface area contributed by atoms with Gasteiger partial charge in [-0.25, -0.2) is 4.98 Å². The van der Waals surface area contributed by atoms with Crippen LogP contribution in [0.3, 0.4) is 0 Å². The highest BCUT2D eigenvalue weighted by Gasteiger charge is 2.12. The van der Waals surface area contributed by atoms with Gasteiger partial charge in [-0.15, -0.1) is 0 Å². The predicted molar refractivity (Wildman–Crippen MR) is 63.7 cm³/mol. The summed E-state index contributed by atoms with van der Waals surface area (Å²) in [6, 6.07) is 4.11. The number of nitrogens with two attached hydrogens (primary N) is 1. The maximum Gasteiger partial charge on any atom is 0.138 e. The quantitative estimate of drug-likeness (QED) is 0.767. The summed E-state index contributed by atoms with van der Waals surface area (Å²) < 4.78 is 0. The number of hydrogen-bond donors (Lipinski definition) is 1. The van der Waals surface area contributed by atoms with Crippen LogP contribution < -0.4 is 10.6 Å². The third-order valence-corrected chi connectivity index (χ3v) is 2.38. The molecule has 1 rings (SSSR count). The molecule has 0 saturated heterocycles. The number of pyridine rings is 1. The van der Waals surface area contributed by atoms with E-state index in [2.05, 4.69) is 23.7 Å². The monoisotopic (exact) mass is 209 g/mol. The van der Waals surface area contributed by atoms with E-state index in [0.717, 1.165) is 11.4 Å². The minimum Gasteiger partial charge on any atom is -0.389 e. The van der Waals surface area contributed by atoms with Crippen molar-refractivity contribution >= 4 is 23.0 Å². The average molecular weight is 209 g/mol. The van der Waals surface area contributed by atoms with Crippen LogP contribution in [0.15, 0.2) is 18.3 Å². The topological polar surface area (TPSA) is 42.2 Å². The van der Waals surface area contributed by atoms with Crippen molar-refractivity contribution in [1.29, 1.82) is 0 Å². The summed E-state index contributed by atoms with van der Waals surface area (Å²) in [5.74, 6) is 0.843. The molecule has 0 atom stereocenters. The molecule has 2 N–H and O–H groups in total. The van der Waals surface area contributed by atoms with Crippen molar-refractivity contribution in [2.24, 2.45) is 5.73 Å². The first-order valence-corrected chi connectivity index (χ1v) is 4.92. The van der Waals surface area contributed by atoms with E-state index in [9.17, 15) is 0 Å². The zero-order chi connectivity index (χ0) is 10.7. The highest BCUT2D eigenvalue weighted by atomic mass is 32.1. The van der Waals surface area contributed by atoms with Gasteiger partial charge in [0.15, 0.2) is 0 Å². The SMILES string of the molecule is CC(C)N(C)c1ncccc1C(N)=S. The standard InChI is InChI=1S/C10H15N3S/c1-7(2)13(3)10-8(9(11)14)5-4-6-12-10/h4-7H,1-3H3,(H2,11,14). The predicted octanol–water partition coefficient (Wildman–Crippen LogP) is 1.56. The Kier molecular flexibility index (Phi) is 3.41. The number of nitrogens with zero attached hydrogens (tertiary/aromatic N) is 2. The van der Waals surface area contributed by atoms with Crippen LogP contribution in [-0.2, 0) is 0 Å². The molecule has 0 aliphatic heterocycles. The van der Waals surface area contributed by atoms with Crippen molar-refractivity contribution in [3.8, 4) is 0 Å². The fourth-order valence-electron chi connectivity index (χ4n) is 1.11. The first kappa shape index (κ1) is 10.9. The van der Waals surface area contributed by atoms with Gasteiger partial charge in [0, 0.05) is 19.3 Å². The van der Waals surface area contributed by atoms with Crippen molar-refractivity contribution in [3.63, 3.8) is 0 Å². The van der Waals surface area contributed by atoms with Crippen molar-refractivity contribution < 1.29 is 0 Å². The zero-order valence-electron chi connectivity index (χ0n) is 8.69. The summed E-state index contributed by atoms with van der Waals surface area (Å²) >= 11 is 4.97. The van der Waals surface area contributed by atoms with Crippen molar-refractivity contribution in [1.82, 2.24) is 4.98 Å². The Morgan fingerprint density at radius 2 is 2.21 bits per heavy atom. The van der Waals surface area contributed by atoms with Gasteiger partial charge in [0.05, 0.1) is 5.56 Å². The number of anilines is 1. The largest absolute Gasteiger partial charge is 0.389 e. The van der Waals surface area contributed by atoms with Gasteiger partial charge in [-0.05, 0) is 26.0 Å². The minimum atomic E-state index is 0.373. The van der Waals surface area contributed by atoms with Crippen LogP contribution in [-0.4, -0.2) is 23.1 Å². The summed E-state index contributed by atoms with van der Waals surface area (Å²) in [5, 5.41) is 0. The van der Waals surface area contributed by atoms with E-state index in [4.69, 9.17) is 18.0 Å². The molecule has 0 radical (unpaired) electrons. The van der Waals surface area contributed by atoms with Crippen molar-refractivity contribution in [3.05, 3.63) is 23.9 Å². The molecule has 0 aliphatic rings.